The van der Waals surface area contributed by atoms with Crippen molar-refractivity contribution in [2.24, 2.45) is 12.0 Å². The predicted octanol–water partition coefficient (Wildman–Crippen LogP) is 3.75. The lowest BCUT2D eigenvalue weighted by atomic mass is 10.1. The molecule has 0 radical (unpaired) electrons. The Kier molecular flexibility index (Phi) is 9.95. The lowest BCUT2D eigenvalue weighted by Gasteiger charge is -2.22. The van der Waals surface area contributed by atoms with Gasteiger partial charge in [0.05, 0.1) is 17.1 Å². The quantitative estimate of drug-likeness (QED) is 0.246. The fraction of sp³-hybridized carbons (Fsp3) is 0.368. The molecule has 2 aromatic rings. The summed E-state index contributed by atoms with van der Waals surface area (Å²) in [7, 11) is 5.43. The Morgan fingerprint density at radius 2 is 1.80 bits per heavy atom. The maximum Gasteiger partial charge on any atom is 0.416 e. The maximum atomic E-state index is 12.6. The highest BCUT2D eigenvalue weighted by Gasteiger charge is 2.30. The second kappa shape index (κ2) is 11.4. The number of carbonyl (C=O) groups excluding carboxylic acids is 1. The molecule has 6 nitrogen and oxygen atoms in total. The Morgan fingerprint density at radius 1 is 1.20 bits per heavy atom. The summed E-state index contributed by atoms with van der Waals surface area (Å²) in [4.78, 5) is 18.2. The average Bonchev–Trinajstić information content (AvgIpc) is 2.97. The van der Waals surface area contributed by atoms with Crippen LogP contribution < -0.4 is 10.6 Å². The summed E-state index contributed by atoms with van der Waals surface area (Å²) in [5.41, 5.74) is 0.387. The number of nitrogens with one attached hydrogen (secondary N) is 2. The monoisotopic (exact) mass is 557 g/mol. The summed E-state index contributed by atoms with van der Waals surface area (Å²) in [6.07, 6.45) is -2.61. The van der Waals surface area contributed by atoms with Crippen molar-refractivity contribution in [1.82, 2.24) is 20.1 Å². The standard InChI is InChI=1S/C19H23ClF3N5O.HI/c1-24-18(28(3)12-16-10-15(20)11-27(16)2)26-9-8-25-17(29)13-4-6-14(7-5-13)19(21,22)23;/h4-7,10-11H,8-9,12H2,1-3H3,(H,24,26)(H,25,29);1H. The summed E-state index contributed by atoms with van der Waals surface area (Å²) in [5.74, 6) is 0.188. The Morgan fingerprint density at radius 3 is 2.30 bits per heavy atom. The zero-order valence-electron chi connectivity index (χ0n) is 16.8. The maximum absolute atomic E-state index is 12.6. The van der Waals surface area contributed by atoms with Crippen LogP contribution in [0.5, 0.6) is 0 Å². The first-order valence-corrected chi connectivity index (χ1v) is 9.17. The minimum absolute atomic E-state index is 0. The third kappa shape index (κ3) is 7.38. The molecule has 0 fully saturated rings. The number of hydrogen-bond acceptors (Lipinski definition) is 2. The Balaban J connectivity index is 0.00000450. The van der Waals surface area contributed by atoms with Gasteiger partial charge in [-0.3, -0.25) is 9.79 Å². The zero-order chi connectivity index (χ0) is 21.6. The number of aliphatic imine (C=N–C) groups is 1. The first-order chi connectivity index (χ1) is 13.6. The zero-order valence-corrected chi connectivity index (χ0v) is 19.8. The molecular formula is C19H24ClF3IN5O. The molecule has 166 valence electrons. The van der Waals surface area contributed by atoms with Crippen LogP contribution in [0, 0.1) is 0 Å². The molecule has 0 aliphatic heterocycles. The van der Waals surface area contributed by atoms with Gasteiger partial charge in [0, 0.05) is 51.7 Å². The number of guanidine groups is 1. The van der Waals surface area contributed by atoms with Crippen molar-refractivity contribution >= 4 is 47.4 Å². The van der Waals surface area contributed by atoms with E-state index in [1.54, 1.807) is 7.05 Å². The van der Waals surface area contributed by atoms with Gasteiger partial charge in [-0.1, -0.05) is 11.6 Å². The molecule has 0 aliphatic carbocycles. The van der Waals surface area contributed by atoms with E-state index in [2.05, 4.69) is 15.6 Å². The lowest BCUT2D eigenvalue weighted by molar-refractivity contribution is -0.137. The molecule has 30 heavy (non-hydrogen) atoms. The summed E-state index contributed by atoms with van der Waals surface area (Å²) in [6.45, 7) is 1.26. The predicted molar refractivity (Wildman–Crippen MR) is 122 cm³/mol. The SMILES string of the molecule is CN=C(NCCNC(=O)c1ccc(C(F)(F)F)cc1)N(C)Cc1cc(Cl)cn1C.I. The molecule has 2 N–H and O–H groups in total. The van der Waals surface area contributed by atoms with Crippen LogP contribution in [-0.4, -0.2) is 48.5 Å². The summed E-state index contributed by atoms with van der Waals surface area (Å²) >= 11 is 5.99. The summed E-state index contributed by atoms with van der Waals surface area (Å²) in [6, 6.07) is 5.96. The highest BCUT2D eigenvalue weighted by atomic mass is 127. The molecule has 0 bridgehead atoms. The van der Waals surface area contributed by atoms with Crippen molar-refractivity contribution in [3.63, 3.8) is 0 Å². The van der Waals surface area contributed by atoms with Crippen LogP contribution in [0.25, 0.3) is 0 Å². The van der Waals surface area contributed by atoms with Crippen LogP contribution in [0.2, 0.25) is 5.02 Å². The molecule has 0 unspecified atom stereocenters. The molecule has 1 heterocycles. The van der Waals surface area contributed by atoms with Crippen LogP contribution in [0.4, 0.5) is 13.2 Å². The Hall–Kier alpha value is -1.95. The molecule has 0 aliphatic rings. The third-order valence-electron chi connectivity index (χ3n) is 4.22. The molecule has 1 aromatic carbocycles. The molecule has 2 rings (SSSR count). The number of nitrogens with zero attached hydrogens (tertiary/aromatic N) is 3. The van der Waals surface area contributed by atoms with Crippen molar-refractivity contribution < 1.29 is 18.0 Å². The summed E-state index contributed by atoms with van der Waals surface area (Å²) in [5, 5.41) is 6.44. The Bertz CT molecular complexity index is 868. The van der Waals surface area contributed by atoms with Crippen LogP contribution >= 0.6 is 35.6 Å². The van der Waals surface area contributed by atoms with Gasteiger partial charge in [0.1, 0.15) is 0 Å². The van der Waals surface area contributed by atoms with Gasteiger partial charge in [0.25, 0.3) is 5.91 Å². The topological polar surface area (TPSA) is 61.7 Å². The number of alkyl halides is 3. The van der Waals surface area contributed by atoms with Gasteiger partial charge in [-0.15, -0.1) is 24.0 Å². The number of rotatable bonds is 6. The van der Waals surface area contributed by atoms with Gasteiger partial charge in [-0.05, 0) is 30.3 Å². The number of halogens is 5. The van der Waals surface area contributed by atoms with Crippen molar-refractivity contribution in [2.45, 2.75) is 12.7 Å². The second-order valence-electron chi connectivity index (χ2n) is 6.42. The van der Waals surface area contributed by atoms with Crippen LogP contribution in [0.1, 0.15) is 21.6 Å². The van der Waals surface area contributed by atoms with Crippen LogP contribution in [-0.2, 0) is 19.8 Å². The first-order valence-electron chi connectivity index (χ1n) is 8.79. The highest BCUT2D eigenvalue weighted by molar-refractivity contribution is 14.0. The molecule has 1 aromatic heterocycles. The molecular weight excluding hydrogens is 534 g/mol. The number of carbonyl (C=O) groups is 1. The third-order valence-corrected chi connectivity index (χ3v) is 4.42. The van der Waals surface area contributed by atoms with E-state index in [0.717, 1.165) is 30.0 Å². The highest BCUT2D eigenvalue weighted by Crippen LogP contribution is 2.29. The van der Waals surface area contributed by atoms with Gasteiger partial charge < -0.3 is 20.1 Å². The first kappa shape index (κ1) is 26.1. The molecule has 1 amide bonds. The minimum atomic E-state index is -4.43. The van der Waals surface area contributed by atoms with E-state index in [9.17, 15) is 18.0 Å². The van der Waals surface area contributed by atoms with E-state index in [1.807, 2.05) is 35.8 Å². The second-order valence-corrected chi connectivity index (χ2v) is 6.86. The van der Waals surface area contributed by atoms with E-state index in [4.69, 9.17) is 11.6 Å². The Labute approximate surface area is 195 Å². The average molecular weight is 558 g/mol. The fourth-order valence-corrected chi connectivity index (χ4v) is 2.96. The molecule has 0 atom stereocenters. The molecule has 11 heteroatoms. The summed E-state index contributed by atoms with van der Waals surface area (Å²) < 4.78 is 39.6. The van der Waals surface area contributed by atoms with E-state index < -0.39 is 17.6 Å². The van der Waals surface area contributed by atoms with Crippen LogP contribution in [0.15, 0.2) is 41.5 Å². The van der Waals surface area contributed by atoms with E-state index in [1.165, 1.54) is 0 Å². The number of aromatic nitrogens is 1. The van der Waals surface area contributed by atoms with Gasteiger partial charge >= 0.3 is 6.18 Å². The number of amides is 1. The normalized spacial score (nSPS) is 11.6. The largest absolute Gasteiger partial charge is 0.416 e. The number of hydrogen-bond donors (Lipinski definition) is 2. The minimum Gasteiger partial charge on any atom is -0.354 e. The van der Waals surface area contributed by atoms with E-state index in [-0.39, 0.29) is 36.1 Å². The van der Waals surface area contributed by atoms with Crippen molar-refractivity contribution in [3.05, 3.63) is 58.4 Å². The number of benzene rings is 1. The lowest BCUT2D eigenvalue weighted by Crippen LogP contribution is -2.42. The van der Waals surface area contributed by atoms with Gasteiger partial charge in [-0.25, -0.2) is 0 Å². The molecule has 0 spiro atoms. The number of aryl methyl sites for hydroxylation is 1. The van der Waals surface area contributed by atoms with Gasteiger partial charge in [-0.2, -0.15) is 13.2 Å². The van der Waals surface area contributed by atoms with Crippen molar-refractivity contribution in [1.29, 1.82) is 0 Å². The van der Waals surface area contributed by atoms with Crippen LogP contribution in [0.3, 0.4) is 0 Å². The smallest absolute Gasteiger partial charge is 0.354 e. The fourth-order valence-electron chi connectivity index (χ4n) is 2.69. The van der Waals surface area contributed by atoms with Gasteiger partial charge in [0.2, 0.25) is 0 Å². The van der Waals surface area contributed by atoms with Gasteiger partial charge in [0.15, 0.2) is 5.96 Å². The van der Waals surface area contributed by atoms with Crippen molar-refractivity contribution in [2.75, 3.05) is 27.2 Å². The van der Waals surface area contributed by atoms with E-state index in [0.29, 0.717) is 24.1 Å². The van der Waals surface area contributed by atoms with Crippen molar-refractivity contribution in [3.8, 4) is 0 Å². The molecule has 0 saturated carbocycles. The van der Waals surface area contributed by atoms with E-state index >= 15 is 0 Å². The molecule has 0 saturated heterocycles.